The van der Waals surface area contributed by atoms with E-state index < -0.39 is 6.10 Å². The van der Waals surface area contributed by atoms with Gasteiger partial charge in [0.25, 0.3) is 0 Å². The van der Waals surface area contributed by atoms with Gasteiger partial charge in [-0.25, -0.2) is 0 Å². The Morgan fingerprint density at radius 1 is 1.25 bits per heavy atom. The van der Waals surface area contributed by atoms with Crippen molar-refractivity contribution in [2.24, 2.45) is 0 Å². The van der Waals surface area contributed by atoms with Crippen molar-refractivity contribution in [2.75, 3.05) is 13.1 Å². The third-order valence-corrected chi connectivity index (χ3v) is 5.18. The predicted octanol–water partition coefficient (Wildman–Crippen LogP) is 2.74. The van der Waals surface area contributed by atoms with Crippen molar-refractivity contribution in [3.8, 4) is 0 Å². The molecule has 1 saturated heterocycles. The van der Waals surface area contributed by atoms with Crippen LogP contribution in [0, 0.1) is 0 Å². The van der Waals surface area contributed by atoms with Crippen molar-refractivity contribution >= 4 is 0 Å². The van der Waals surface area contributed by atoms with E-state index in [-0.39, 0.29) is 5.54 Å². The molecule has 1 saturated carbocycles. The fourth-order valence-corrected chi connectivity index (χ4v) is 4.16. The smallest absolute Gasteiger partial charge is 0.114 e. The van der Waals surface area contributed by atoms with Gasteiger partial charge in [0.2, 0.25) is 0 Å². The predicted molar refractivity (Wildman–Crippen MR) is 79.5 cm³/mol. The maximum absolute atomic E-state index is 11.1. The van der Waals surface area contributed by atoms with Crippen molar-refractivity contribution in [2.45, 2.75) is 70.1 Å². The van der Waals surface area contributed by atoms with E-state index in [1.165, 1.54) is 25.7 Å². The van der Waals surface area contributed by atoms with Crippen molar-refractivity contribution in [3.05, 3.63) is 18.0 Å². The van der Waals surface area contributed by atoms with E-state index in [1.54, 1.807) is 0 Å². The summed E-state index contributed by atoms with van der Waals surface area (Å²) in [6.07, 6.45) is 9.81. The number of aryl methyl sites for hydroxylation is 1. The molecule has 0 aromatic carbocycles. The van der Waals surface area contributed by atoms with Gasteiger partial charge < -0.3 is 5.11 Å². The van der Waals surface area contributed by atoms with E-state index in [2.05, 4.69) is 16.9 Å². The molecule has 4 heteroatoms. The summed E-state index contributed by atoms with van der Waals surface area (Å²) in [6, 6.07) is 2.01. The number of aliphatic hydroxyl groups excluding tert-OH is 1. The number of hydrogen-bond donors (Lipinski definition) is 1. The van der Waals surface area contributed by atoms with Crippen LogP contribution in [0.4, 0.5) is 0 Å². The van der Waals surface area contributed by atoms with Crippen molar-refractivity contribution in [3.63, 3.8) is 0 Å². The summed E-state index contributed by atoms with van der Waals surface area (Å²) in [7, 11) is 0. The topological polar surface area (TPSA) is 41.3 Å². The molecular formula is C16H27N3O. The number of hydrogen-bond acceptors (Lipinski definition) is 3. The lowest BCUT2D eigenvalue weighted by Gasteiger charge is -2.42. The highest BCUT2D eigenvalue weighted by molar-refractivity contribution is 5.15. The fraction of sp³-hybridized carbons (Fsp3) is 0.812. The van der Waals surface area contributed by atoms with Gasteiger partial charge in [-0.3, -0.25) is 9.58 Å². The molecule has 112 valence electrons. The molecule has 1 aliphatic carbocycles. The molecule has 0 amide bonds. The lowest BCUT2D eigenvalue weighted by atomic mass is 9.86. The zero-order chi connectivity index (χ0) is 14.0. The van der Waals surface area contributed by atoms with Crippen LogP contribution in [0.2, 0.25) is 0 Å². The minimum absolute atomic E-state index is 0.0258. The highest BCUT2D eigenvalue weighted by Crippen LogP contribution is 2.45. The molecular weight excluding hydrogens is 250 g/mol. The first-order valence-corrected chi connectivity index (χ1v) is 8.23. The SMILES string of the molecule is CCCn1nccc1C(O)C1(N2CCCC2)CCCC1. The number of nitrogens with zero attached hydrogens (tertiary/aromatic N) is 3. The Labute approximate surface area is 121 Å². The molecule has 20 heavy (non-hydrogen) atoms. The Hall–Kier alpha value is -0.870. The van der Waals surface area contributed by atoms with E-state index in [4.69, 9.17) is 0 Å². The third-order valence-electron chi connectivity index (χ3n) is 5.18. The lowest BCUT2D eigenvalue weighted by Crippen LogP contribution is -2.50. The molecule has 1 unspecified atom stereocenters. The van der Waals surface area contributed by atoms with Crippen molar-refractivity contribution in [1.82, 2.24) is 14.7 Å². The van der Waals surface area contributed by atoms with Crippen molar-refractivity contribution in [1.29, 1.82) is 0 Å². The van der Waals surface area contributed by atoms with Gasteiger partial charge in [-0.2, -0.15) is 5.10 Å². The maximum atomic E-state index is 11.1. The molecule has 2 fully saturated rings. The average Bonchev–Trinajstić information content (AvgIpc) is 3.20. The summed E-state index contributed by atoms with van der Waals surface area (Å²) >= 11 is 0. The lowest BCUT2D eigenvalue weighted by molar-refractivity contribution is -0.0242. The minimum Gasteiger partial charge on any atom is -0.385 e. The number of rotatable bonds is 5. The van der Waals surface area contributed by atoms with Crippen molar-refractivity contribution < 1.29 is 5.11 Å². The van der Waals surface area contributed by atoms with Gasteiger partial charge in [-0.15, -0.1) is 0 Å². The van der Waals surface area contributed by atoms with Crippen LogP contribution in [0.3, 0.4) is 0 Å². The molecule has 1 atom stereocenters. The largest absolute Gasteiger partial charge is 0.385 e. The van der Waals surface area contributed by atoms with Crippen LogP contribution < -0.4 is 0 Å². The second-order valence-corrected chi connectivity index (χ2v) is 6.39. The maximum Gasteiger partial charge on any atom is 0.114 e. The molecule has 0 spiro atoms. The average molecular weight is 277 g/mol. The standard InChI is InChI=1S/C16H27N3O/c1-2-11-19-14(7-10-17-19)15(20)16(8-3-4-9-16)18-12-5-6-13-18/h7,10,15,20H,2-6,8-9,11-13H2,1H3. The van der Waals surface area contributed by atoms with Crippen LogP contribution in [0.15, 0.2) is 12.3 Å². The summed E-state index contributed by atoms with van der Waals surface area (Å²) in [5, 5.41) is 15.5. The minimum atomic E-state index is -0.392. The van der Waals surface area contributed by atoms with Gasteiger partial charge in [-0.05, 0) is 51.3 Å². The molecule has 2 heterocycles. The molecule has 1 aliphatic heterocycles. The highest BCUT2D eigenvalue weighted by Gasteiger charge is 2.47. The first kappa shape index (κ1) is 14.1. The highest BCUT2D eigenvalue weighted by atomic mass is 16.3. The zero-order valence-corrected chi connectivity index (χ0v) is 12.6. The fourth-order valence-electron chi connectivity index (χ4n) is 4.16. The van der Waals surface area contributed by atoms with Gasteiger partial charge in [0, 0.05) is 12.7 Å². The molecule has 0 radical (unpaired) electrons. The Morgan fingerprint density at radius 3 is 2.60 bits per heavy atom. The number of aliphatic hydroxyl groups is 1. The van der Waals surface area contributed by atoms with Gasteiger partial charge in [0.15, 0.2) is 0 Å². The quantitative estimate of drug-likeness (QED) is 0.899. The molecule has 1 aromatic heterocycles. The van der Waals surface area contributed by atoms with Crippen LogP contribution >= 0.6 is 0 Å². The number of aromatic nitrogens is 2. The molecule has 0 bridgehead atoms. The van der Waals surface area contributed by atoms with Crippen LogP contribution in [0.1, 0.15) is 63.7 Å². The molecule has 4 nitrogen and oxygen atoms in total. The van der Waals surface area contributed by atoms with E-state index in [0.29, 0.717) is 0 Å². The monoisotopic (exact) mass is 277 g/mol. The Morgan fingerprint density at radius 2 is 1.95 bits per heavy atom. The summed E-state index contributed by atoms with van der Waals surface area (Å²) in [5.41, 5.74) is 0.989. The Kier molecular flexibility index (Phi) is 4.13. The molecule has 1 aromatic rings. The van der Waals surface area contributed by atoms with Crippen LogP contribution in [0.5, 0.6) is 0 Å². The third kappa shape index (κ3) is 2.29. The van der Waals surface area contributed by atoms with E-state index in [9.17, 15) is 5.11 Å². The summed E-state index contributed by atoms with van der Waals surface area (Å²) in [6.45, 7) is 5.36. The van der Waals surface area contributed by atoms with Gasteiger partial charge in [0.05, 0.1) is 11.2 Å². The van der Waals surface area contributed by atoms with Gasteiger partial charge in [0.1, 0.15) is 6.10 Å². The van der Waals surface area contributed by atoms with Gasteiger partial charge >= 0.3 is 0 Å². The van der Waals surface area contributed by atoms with Gasteiger partial charge in [-0.1, -0.05) is 19.8 Å². The molecule has 3 rings (SSSR count). The van der Waals surface area contributed by atoms with Crippen LogP contribution in [-0.2, 0) is 6.54 Å². The number of likely N-dealkylation sites (tertiary alicyclic amines) is 1. The molecule has 1 N–H and O–H groups in total. The van der Waals surface area contributed by atoms with E-state index in [0.717, 1.165) is 44.6 Å². The van der Waals surface area contributed by atoms with E-state index >= 15 is 0 Å². The van der Waals surface area contributed by atoms with E-state index in [1.807, 2.05) is 16.9 Å². The molecule has 2 aliphatic rings. The summed E-state index contributed by atoms with van der Waals surface area (Å²) < 4.78 is 2.00. The zero-order valence-electron chi connectivity index (χ0n) is 12.6. The summed E-state index contributed by atoms with van der Waals surface area (Å²) in [5.74, 6) is 0. The second-order valence-electron chi connectivity index (χ2n) is 6.39. The second kappa shape index (κ2) is 5.86. The first-order valence-electron chi connectivity index (χ1n) is 8.23. The Bertz CT molecular complexity index is 431. The first-order chi connectivity index (χ1) is 9.78. The van der Waals surface area contributed by atoms with Crippen LogP contribution in [-0.4, -0.2) is 38.4 Å². The normalized spacial score (nSPS) is 24.3. The van der Waals surface area contributed by atoms with Crippen LogP contribution in [0.25, 0.3) is 0 Å². The Balaban J connectivity index is 1.88. The summed E-state index contributed by atoms with van der Waals surface area (Å²) in [4.78, 5) is 2.56.